The van der Waals surface area contributed by atoms with E-state index >= 15 is 0 Å². The molecule has 0 radical (unpaired) electrons. The van der Waals surface area contributed by atoms with Gasteiger partial charge in [0.2, 0.25) is 10.0 Å². The zero-order chi connectivity index (χ0) is 14.8. The molecule has 5 nitrogen and oxygen atoms in total. The number of rotatable bonds is 3. The van der Waals surface area contributed by atoms with Crippen LogP contribution in [0.25, 0.3) is 0 Å². The summed E-state index contributed by atoms with van der Waals surface area (Å²) in [7, 11) is -3.54. The first kappa shape index (κ1) is 15.0. The largest absolute Gasteiger partial charge is 0.329 e. The van der Waals surface area contributed by atoms with Gasteiger partial charge in [-0.1, -0.05) is 6.42 Å². The van der Waals surface area contributed by atoms with Crippen LogP contribution in [0.15, 0.2) is 23.1 Å². The average molecular weight is 293 g/mol. The molecule has 1 aromatic carbocycles. The van der Waals surface area contributed by atoms with Gasteiger partial charge in [-0.3, -0.25) is 0 Å². The fraction of sp³-hybridized carbons (Fsp3) is 0.500. The first-order valence-corrected chi connectivity index (χ1v) is 8.17. The van der Waals surface area contributed by atoms with Crippen molar-refractivity contribution in [2.45, 2.75) is 37.1 Å². The lowest BCUT2D eigenvalue weighted by Gasteiger charge is -2.34. The van der Waals surface area contributed by atoms with Gasteiger partial charge >= 0.3 is 0 Å². The predicted octanol–water partition coefficient (Wildman–Crippen LogP) is 1.37. The molecule has 2 rings (SSSR count). The van der Waals surface area contributed by atoms with Gasteiger partial charge in [0.25, 0.3) is 0 Å². The van der Waals surface area contributed by atoms with Gasteiger partial charge in [-0.2, -0.15) is 9.57 Å². The van der Waals surface area contributed by atoms with Gasteiger partial charge < -0.3 is 5.73 Å². The highest BCUT2D eigenvalue weighted by atomic mass is 32.2. The molecule has 0 spiro atoms. The maximum absolute atomic E-state index is 12.8. The van der Waals surface area contributed by atoms with E-state index in [-0.39, 0.29) is 10.9 Å². The molecule has 1 saturated heterocycles. The van der Waals surface area contributed by atoms with E-state index in [0.717, 1.165) is 19.3 Å². The normalized spacial score (nSPS) is 20.6. The van der Waals surface area contributed by atoms with Gasteiger partial charge in [0.15, 0.2) is 0 Å². The number of nitriles is 1. The van der Waals surface area contributed by atoms with Gasteiger partial charge in [-0.15, -0.1) is 0 Å². The van der Waals surface area contributed by atoms with Crippen LogP contribution in [0.4, 0.5) is 0 Å². The third kappa shape index (κ3) is 2.70. The highest BCUT2D eigenvalue weighted by Gasteiger charge is 2.33. The highest BCUT2D eigenvalue weighted by Crippen LogP contribution is 2.27. The first-order valence-electron chi connectivity index (χ1n) is 6.73. The Balaban J connectivity index is 2.42. The molecule has 0 aliphatic carbocycles. The molecule has 1 fully saturated rings. The van der Waals surface area contributed by atoms with E-state index < -0.39 is 10.0 Å². The van der Waals surface area contributed by atoms with Crippen molar-refractivity contribution in [2.75, 3.05) is 13.1 Å². The zero-order valence-electron chi connectivity index (χ0n) is 11.5. The van der Waals surface area contributed by atoms with Crippen molar-refractivity contribution in [3.05, 3.63) is 29.3 Å². The molecule has 6 heteroatoms. The van der Waals surface area contributed by atoms with Crippen molar-refractivity contribution in [2.24, 2.45) is 5.73 Å². The molecule has 1 aliphatic heterocycles. The van der Waals surface area contributed by atoms with Crippen LogP contribution < -0.4 is 5.73 Å². The Labute approximate surface area is 120 Å². The standard InChI is InChI=1S/C14H19N3O2S/c1-11-8-12(9-15)5-6-14(11)20(18,19)17-7-3-2-4-13(17)10-16/h5-6,8,13H,2-4,7,10,16H2,1H3/t13-/m1/s1. The number of aryl methyl sites for hydroxylation is 1. The summed E-state index contributed by atoms with van der Waals surface area (Å²) >= 11 is 0. The van der Waals surface area contributed by atoms with Gasteiger partial charge in [-0.25, -0.2) is 8.42 Å². The number of hydrogen-bond acceptors (Lipinski definition) is 4. The topological polar surface area (TPSA) is 87.2 Å². The molecule has 0 aromatic heterocycles. The molecule has 0 bridgehead atoms. The number of sulfonamides is 1. The molecule has 2 N–H and O–H groups in total. The summed E-state index contributed by atoms with van der Waals surface area (Å²) in [6.45, 7) is 2.58. The number of nitrogens with zero attached hydrogens (tertiary/aromatic N) is 2. The Hall–Kier alpha value is -1.42. The Morgan fingerprint density at radius 1 is 1.45 bits per heavy atom. The number of nitrogens with two attached hydrogens (primary N) is 1. The lowest BCUT2D eigenvalue weighted by Crippen LogP contribution is -2.47. The Kier molecular flexibility index (Phi) is 4.43. The van der Waals surface area contributed by atoms with E-state index in [4.69, 9.17) is 11.0 Å². The van der Waals surface area contributed by atoms with Crippen molar-refractivity contribution in [1.29, 1.82) is 5.26 Å². The van der Waals surface area contributed by atoms with Crippen LogP contribution in [0.5, 0.6) is 0 Å². The van der Waals surface area contributed by atoms with Crippen LogP contribution in [-0.2, 0) is 10.0 Å². The monoisotopic (exact) mass is 293 g/mol. The quantitative estimate of drug-likeness (QED) is 0.911. The van der Waals surface area contributed by atoms with Crippen molar-refractivity contribution in [3.63, 3.8) is 0 Å². The van der Waals surface area contributed by atoms with E-state index in [1.807, 2.05) is 6.07 Å². The van der Waals surface area contributed by atoms with E-state index in [0.29, 0.717) is 24.2 Å². The van der Waals surface area contributed by atoms with Crippen LogP contribution in [-0.4, -0.2) is 31.9 Å². The van der Waals surface area contributed by atoms with Crippen LogP contribution in [0, 0.1) is 18.3 Å². The summed E-state index contributed by atoms with van der Waals surface area (Å²) in [5, 5.41) is 8.86. The van der Waals surface area contributed by atoms with Crippen molar-refractivity contribution < 1.29 is 8.42 Å². The second-order valence-electron chi connectivity index (χ2n) is 5.09. The van der Waals surface area contributed by atoms with Gasteiger partial charge in [-0.05, 0) is 43.5 Å². The van der Waals surface area contributed by atoms with Crippen LogP contribution in [0.3, 0.4) is 0 Å². The smallest absolute Gasteiger partial charge is 0.243 e. The lowest BCUT2D eigenvalue weighted by atomic mass is 10.1. The van der Waals surface area contributed by atoms with E-state index in [9.17, 15) is 8.42 Å². The van der Waals surface area contributed by atoms with E-state index in [1.165, 1.54) is 10.4 Å². The van der Waals surface area contributed by atoms with Gasteiger partial charge in [0.05, 0.1) is 16.5 Å². The fourth-order valence-corrected chi connectivity index (χ4v) is 4.57. The summed E-state index contributed by atoms with van der Waals surface area (Å²) in [5.74, 6) is 0. The summed E-state index contributed by atoms with van der Waals surface area (Å²) in [5.41, 5.74) is 6.77. The second kappa shape index (κ2) is 5.92. The van der Waals surface area contributed by atoms with Gasteiger partial charge in [0.1, 0.15) is 0 Å². The number of piperidine rings is 1. The maximum Gasteiger partial charge on any atom is 0.243 e. The molecule has 1 heterocycles. The summed E-state index contributed by atoms with van der Waals surface area (Å²) in [4.78, 5) is 0.275. The van der Waals surface area contributed by atoms with E-state index in [2.05, 4.69) is 0 Å². The zero-order valence-corrected chi connectivity index (χ0v) is 12.4. The maximum atomic E-state index is 12.8. The summed E-state index contributed by atoms with van der Waals surface area (Å²) < 4.78 is 27.0. The third-order valence-corrected chi connectivity index (χ3v) is 5.85. The molecule has 0 saturated carbocycles. The lowest BCUT2D eigenvalue weighted by molar-refractivity contribution is 0.257. The molecular formula is C14H19N3O2S. The molecule has 1 aromatic rings. The predicted molar refractivity (Wildman–Crippen MR) is 76.5 cm³/mol. The Bertz CT molecular complexity index is 634. The minimum absolute atomic E-state index is 0.121. The minimum atomic E-state index is -3.54. The van der Waals surface area contributed by atoms with Crippen molar-refractivity contribution in [3.8, 4) is 6.07 Å². The molecular weight excluding hydrogens is 274 g/mol. The molecule has 20 heavy (non-hydrogen) atoms. The van der Waals surface area contributed by atoms with E-state index in [1.54, 1.807) is 19.1 Å². The molecule has 1 aliphatic rings. The summed E-state index contributed by atoms with van der Waals surface area (Å²) in [6, 6.07) is 6.56. The fourth-order valence-electron chi connectivity index (χ4n) is 2.66. The number of benzene rings is 1. The van der Waals surface area contributed by atoms with Gasteiger partial charge in [0, 0.05) is 19.1 Å². The average Bonchev–Trinajstić information content (AvgIpc) is 2.46. The molecule has 108 valence electrons. The second-order valence-corrected chi connectivity index (χ2v) is 6.95. The molecule has 0 amide bonds. The third-order valence-electron chi connectivity index (χ3n) is 3.74. The number of hydrogen-bond donors (Lipinski definition) is 1. The molecule has 0 unspecified atom stereocenters. The SMILES string of the molecule is Cc1cc(C#N)ccc1S(=O)(=O)N1CCCC[C@@H]1CN. The van der Waals surface area contributed by atoms with Crippen LogP contribution in [0.2, 0.25) is 0 Å². The van der Waals surface area contributed by atoms with Crippen LogP contribution in [0.1, 0.15) is 30.4 Å². The first-order chi connectivity index (χ1) is 9.50. The Morgan fingerprint density at radius 2 is 2.20 bits per heavy atom. The molecule has 1 atom stereocenters. The Morgan fingerprint density at radius 3 is 2.80 bits per heavy atom. The van der Waals surface area contributed by atoms with Crippen molar-refractivity contribution >= 4 is 10.0 Å². The summed E-state index contributed by atoms with van der Waals surface area (Å²) in [6.07, 6.45) is 2.69. The van der Waals surface area contributed by atoms with Crippen molar-refractivity contribution in [1.82, 2.24) is 4.31 Å². The highest BCUT2D eigenvalue weighted by molar-refractivity contribution is 7.89. The minimum Gasteiger partial charge on any atom is -0.329 e. The van der Waals surface area contributed by atoms with Crippen LogP contribution >= 0.6 is 0 Å².